The molecule has 1 aliphatic rings. The van der Waals surface area contributed by atoms with Crippen LogP contribution in [0, 0.1) is 0 Å². The van der Waals surface area contributed by atoms with Gasteiger partial charge < -0.3 is 10.6 Å². The van der Waals surface area contributed by atoms with Gasteiger partial charge in [0.2, 0.25) is 5.91 Å². The summed E-state index contributed by atoms with van der Waals surface area (Å²) in [6.07, 6.45) is -3.65. The monoisotopic (exact) mass is 398 g/mol. The normalized spacial score (nSPS) is 15.8. The van der Waals surface area contributed by atoms with Crippen molar-refractivity contribution in [2.45, 2.75) is 12.7 Å². The van der Waals surface area contributed by atoms with Crippen molar-refractivity contribution in [2.75, 3.05) is 31.1 Å². The van der Waals surface area contributed by atoms with Crippen molar-refractivity contribution in [3.8, 4) is 0 Å². The topological polar surface area (TPSA) is 62.5 Å². The molecular weight excluding hydrogens is 381 g/mol. The van der Waals surface area contributed by atoms with Crippen LogP contribution in [0.5, 0.6) is 0 Å². The fraction of sp³-hybridized carbons (Fsp3) is 0.333. The molecule has 1 saturated heterocycles. The van der Waals surface area contributed by atoms with Crippen LogP contribution < -0.4 is 10.6 Å². The average Bonchev–Trinajstić information content (AvgIpc) is 2.62. The maximum atomic E-state index is 12.7. The Morgan fingerprint density at radius 2 is 1.78 bits per heavy atom. The molecule has 1 aromatic heterocycles. The van der Waals surface area contributed by atoms with Crippen molar-refractivity contribution in [3.05, 3.63) is 58.2 Å². The molecular formula is C18H18ClF3N4O. The fourth-order valence-corrected chi connectivity index (χ4v) is 3.25. The van der Waals surface area contributed by atoms with Crippen LogP contribution in [-0.4, -0.2) is 42.0 Å². The number of anilines is 1. The molecule has 0 bridgehead atoms. The summed E-state index contributed by atoms with van der Waals surface area (Å²) in [5.41, 5.74) is 5.90. The van der Waals surface area contributed by atoms with E-state index in [1.165, 1.54) is 0 Å². The standard InChI is InChI=1S/C18H18ClF3N4O/c19-15-9-14(18(20,21)22)10-24-17(15)26-7-5-25(6-8-26)11-12-1-3-13(4-2-12)16(23)27/h1-4,9-10H,5-8,11H2,(H2,23,27). The Kier molecular flexibility index (Phi) is 5.57. The molecule has 0 atom stereocenters. The van der Waals surface area contributed by atoms with Crippen molar-refractivity contribution in [2.24, 2.45) is 5.73 Å². The average molecular weight is 399 g/mol. The largest absolute Gasteiger partial charge is 0.417 e. The molecule has 2 aromatic rings. The Bertz CT molecular complexity index is 818. The molecule has 1 aliphatic heterocycles. The number of hydrogen-bond donors (Lipinski definition) is 1. The van der Waals surface area contributed by atoms with Gasteiger partial charge in [0, 0.05) is 44.5 Å². The third-order valence-electron chi connectivity index (χ3n) is 4.47. The lowest BCUT2D eigenvalue weighted by Crippen LogP contribution is -2.46. The predicted octanol–water partition coefficient (Wildman–Crippen LogP) is 3.17. The highest BCUT2D eigenvalue weighted by Gasteiger charge is 2.32. The first-order valence-corrected chi connectivity index (χ1v) is 8.70. The van der Waals surface area contributed by atoms with E-state index in [0.717, 1.165) is 30.9 Å². The molecule has 0 radical (unpaired) electrons. The zero-order valence-electron chi connectivity index (χ0n) is 14.3. The minimum Gasteiger partial charge on any atom is -0.366 e. The fourth-order valence-electron chi connectivity index (χ4n) is 2.97. The molecule has 9 heteroatoms. The number of nitrogens with zero attached hydrogens (tertiary/aromatic N) is 3. The van der Waals surface area contributed by atoms with Gasteiger partial charge in [0.15, 0.2) is 0 Å². The van der Waals surface area contributed by atoms with E-state index < -0.39 is 17.6 Å². The highest BCUT2D eigenvalue weighted by atomic mass is 35.5. The Labute approximate surface area is 159 Å². The Morgan fingerprint density at radius 1 is 1.15 bits per heavy atom. The number of piperazine rings is 1. The van der Waals surface area contributed by atoms with E-state index in [9.17, 15) is 18.0 Å². The van der Waals surface area contributed by atoms with Gasteiger partial charge in [-0.1, -0.05) is 23.7 Å². The lowest BCUT2D eigenvalue weighted by molar-refractivity contribution is -0.137. The molecule has 2 N–H and O–H groups in total. The van der Waals surface area contributed by atoms with E-state index in [1.54, 1.807) is 12.1 Å². The SMILES string of the molecule is NC(=O)c1ccc(CN2CCN(c3ncc(C(F)(F)F)cc3Cl)CC2)cc1. The highest BCUT2D eigenvalue weighted by molar-refractivity contribution is 6.33. The maximum Gasteiger partial charge on any atom is 0.417 e. The summed E-state index contributed by atoms with van der Waals surface area (Å²) in [6, 6.07) is 8.03. The van der Waals surface area contributed by atoms with E-state index in [4.69, 9.17) is 17.3 Å². The minimum atomic E-state index is -4.46. The minimum absolute atomic E-state index is 0.000292. The third kappa shape index (κ3) is 4.70. The van der Waals surface area contributed by atoms with Crippen molar-refractivity contribution < 1.29 is 18.0 Å². The summed E-state index contributed by atoms with van der Waals surface area (Å²) in [5.74, 6) is -0.0915. The van der Waals surface area contributed by atoms with Crippen molar-refractivity contribution >= 4 is 23.3 Å². The molecule has 0 spiro atoms. The van der Waals surface area contributed by atoms with E-state index in [-0.39, 0.29) is 5.02 Å². The number of amides is 1. The first-order valence-electron chi connectivity index (χ1n) is 8.33. The first-order chi connectivity index (χ1) is 12.7. The number of rotatable bonds is 4. The number of pyridine rings is 1. The molecule has 1 aromatic carbocycles. The second-order valence-electron chi connectivity index (χ2n) is 6.35. The summed E-state index contributed by atoms with van der Waals surface area (Å²) in [6.45, 7) is 3.36. The summed E-state index contributed by atoms with van der Waals surface area (Å²) in [5, 5.41) is 0.000292. The zero-order chi connectivity index (χ0) is 19.6. The first kappa shape index (κ1) is 19.4. The number of aromatic nitrogens is 1. The molecule has 2 heterocycles. The van der Waals surface area contributed by atoms with E-state index in [1.807, 2.05) is 17.0 Å². The smallest absolute Gasteiger partial charge is 0.366 e. The number of primary amides is 1. The number of nitrogens with two attached hydrogens (primary N) is 1. The van der Waals surface area contributed by atoms with Crippen molar-refractivity contribution in [1.29, 1.82) is 0 Å². The molecule has 0 unspecified atom stereocenters. The third-order valence-corrected chi connectivity index (χ3v) is 4.74. The summed E-state index contributed by atoms with van der Waals surface area (Å²) in [4.78, 5) is 19.1. The lowest BCUT2D eigenvalue weighted by atomic mass is 10.1. The second-order valence-corrected chi connectivity index (χ2v) is 6.76. The lowest BCUT2D eigenvalue weighted by Gasteiger charge is -2.35. The van der Waals surface area contributed by atoms with E-state index in [0.29, 0.717) is 31.0 Å². The highest BCUT2D eigenvalue weighted by Crippen LogP contribution is 2.33. The van der Waals surface area contributed by atoms with Crippen LogP contribution in [0.3, 0.4) is 0 Å². The number of benzene rings is 1. The van der Waals surface area contributed by atoms with Gasteiger partial charge in [-0.05, 0) is 23.8 Å². The van der Waals surface area contributed by atoms with Gasteiger partial charge in [-0.3, -0.25) is 9.69 Å². The van der Waals surface area contributed by atoms with Crippen molar-refractivity contribution in [3.63, 3.8) is 0 Å². The van der Waals surface area contributed by atoms with Crippen LogP contribution in [-0.2, 0) is 12.7 Å². The maximum absolute atomic E-state index is 12.7. The molecule has 0 saturated carbocycles. The van der Waals surface area contributed by atoms with Gasteiger partial charge in [-0.15, -0.1) is 0 Å². The summed E-state index contributed by atoms with van der Waals surface area (Å²) in [7, 11) is 0. The van der Waals surface area contributed by atoms with Gasteiger partial charge in [0.05, 0.1) is 10.6 Å². The van der Waals surface area contributed by atoms with Crippen LogP contribution in [0.25, 0.3) is 0 Å². The van der Waals surface area contributed by atoms with Gasteiger partial charge in [-0.25, -0.2) is 4.98 Å². The molecule has 1 amide bonds. The Morgan fingerprint density at radius 3 is 2.30 bits per heavy atom. The number of carbonyl (C=O) groups is 1. The Hall–Kier alpha value is -2.32. The number of alkyl halides is 3. The van der Waals surface area contributed by atoms with Gasteiger partial charge >= 0.3 is 6.18 Å². The zero-order valence-corrected chi connectivity index (χ0v) is 15.1. The molecule has 27 heavy (non-hydrogen) atoms. The second kappa shape index (κ2) is 7.74. The molecule has 1 fully saturated rings. The quantitative estimate of drug-likeness (QED) is 0.859. The van der Waals surface area contributed by atoms with E-state index >= 15 is 0 Å². The van der Waals surface area contributed by atoms with Crippen LogP contribution in [0.4, 0.5) is 19.0 Å². The molecule has 144 valence electrons. The molecule has 3 rings (SSSR count). The van der Waals surface area contributed by atoms with Gasteiger partial charge in [0.25, 0.3) is 0 Å². The molecule has 5 nitrogen and oxygen atoms in total. The molecule has 0 aliphatic carbocycles. The number of hydrogen-bond acceptors (Lipinski definition) is 4. The van der Waals surface area contributed by atoms with Gasteiger partial charge in [-0.2, -0.15) is 13.2 Å². The van der Waals surface area contributed by atoms with Crippen molar-refractivity contribution in [1.82, 2.24) is 9.88 Å². The van der Waals surface area contributed by atoms with Crippen LogP contribution in [0.1, 0.15) is 21.5 Å². The predicted molar refractivity (Wildman–Crippen MR) is 96.7 cm³/mol. The van der Waals surface area contributed by atoms with Crippen LogP contribution in [0.2, 0.25) is 5.02 Å². The summed E-state index contributed by atoms with van der Waals surface area (Å²) < 4.78 is 38.2. The number of halogens is 4. The van der Waals surface area contributed by atoms with Crippen LogP contribution in [0.15, 0.2) is 36.5 Å². The Balaban J connectivity index is 1.59. The number of carbonyl (C=O) groups excluding carboxylic acids is 1. The van der Waals surface area contributed by atoms with Crippen LogP contribution >= 0.6 is 11.6 Å². The van der Waals surface area contributed by atoms with E-state index in [2.05, 4.69) is 9.88 Å². The summed E-state index contributed by atoms with van der Waals surface area (Å²) >= 11 is 6.02. The van der Waals surface area contributed by atoms with Gasteiger partial charge in [0.1, 0.15) is 5.82 Å².